The molecular weight excluding hydrogens is 200 g/mol. The molecular formula is C9H8N2O4. The van der Waals surface area contributed by atoms with E-state index in [9.17, 15) is 9.59 Å². The lowest BCUT2D eigenvalue weighted by Crippen LogP contribution is -2.37. The summed E-state index contributed by atoms with van der Waals surface area (Å²) in [6, 6.07) is 1.40. The number of carbonyl (C=O) groups is 2. The molecule has 0 bridgehead atoms. The summed E-state index contributed by atoms with van der Waals surface area (Å²) < 4.78 is 5.22. The average Bonchev–Trinajstić information content (AvgIpc) is 2.27. The molecule has 1 N–H and O–H groups in total. The number of carboxylic acid groups (broad SMARTS) is 1. The summed E-state index contributed by atoms with van der Waals surface area (Å²) in [5, 5.41) is 8.91. The minimum atomic E-state index is -1.07. The number of hydrogen-bond donors (Lipinski definition) is 1. The molecule has 0 aliphatic carbocycles. The van der Waals surface area contributed by atoms with E-state index in [4.69, 9.17) is 9.84 Å². The smallest absolute Gasteiger partial charge is 0.412 e. The summed E-state index contributed by atoms with van der Waals surface area (Å²) in [6.07, 6.45) is 0.853. The highest BCUT2D eigenvalue weighted by molar-refractivity contribution is 5.90. The summed E-state index contributed by atoms with van der Waals surface area (Å²) in [6.45, 7) is 0.548. The van der Waals surface area contributed by atoms with Gasteiger partial charge in [-0.2, -0.15) is 0 Å². The molecule has 1 aliphatic rings. The third kappa shape index (κ3) is 1.61. The van der Waals surface area contributed by atoms with Gasteiger partial charge in [-0.3, -0.25) is 9.69 Å². The lowest BCUT2D eigenvalue weighted by molar-refractivity contribution is 0.111. The first-order valence-corrected chi connectivity index (χ1v) is 4.31. The molecule has 15 heavy (non-hydrogen) atoms. The van der Waals surface area contributed by atoms with Crippen molar-refractivity contribution in [3.63, 3.8) is 0 Å². The molecule has 1 amide bonds. The topological polar surface area (TPSA) is 79.7 Å². The van der Waals surface area contributed by atoms with E-state index in [2.05, 4.69) is 4.98 Å². The van der Waals surface area contributed by atoms with Gasteiger partial charge in [-0.25, -0.2) is 9.78 Å². The number of pyridine rings is 1. The van der Waals surface area contributed by atoms with Gasteiger partial charge in [0.2, 0.25) is 0 Å². The first-order valence-electron chi connectivity index (χ1n) is 4.31. The third-order valence-electron chi connectivity index (χ3n) is 2.08. The SMILES string of the molecule is O=Cc1cc2c(cn1)OCCN2C(=O)O. The second kappa shape index (κ2) is 3.56. The van der Waals surface area contributed by atoms with Gasteiger partial charge in [0.25, 0.3) is 0 Å². The van der Waals surface area contributed by atoms with Crippen LogP contribution in [0.15, 0.2) is 12.3 Å². The van der Waals surface area contributed by atoms with Gasteiger partial charge >= 0.3 is 6.09 Å². The van der Waals surface area contributed by atoms with Crippen LogP contribution in [0.3, 0.4) is 0 Å². The predicted molar refractivity (Wildman–Crippen MR) is 50.5 cm³/mol. The van der Waals surface area contributed by atoms with Gasteiger partial charge in [0.15, 0.2) is 12.0 Å². The van der Waals surface area contributed by atoms with Crippen LogP contribution in [0.5, 0.6) is 5.75 Å². The van der Waals surface area contributed by atoms with Crippen LogP contribution in [0.25, 0.3) is 0 Å². The fourth-order valence-corrected chi connectivity index (χ4v) is 1.40. The highest BCUT2D eigenvalue weighted by Crippen LogP contribution is 2.30. The van der Waals surface area contributed by atoms with Gasteiger partial charge in [-0.05, 0) is 6.07 Å². The summed E-state index contributed by atoms with van der Waals surface area (Å²) in [4.78, 5) is 26.3. The number of rotatable bonds is 1. The van der Waals surface area contributed by atoms with E-state index >= 15 is 0 Å². The molecule has 0 unspecified atom stereocenters. The Hall–Kier alpha value is -2.11. The first-order chi connectivity index (χ1) is 7.22. The van der Waals surface area contributed by atoms with E-state index in [0.717, 1.165) is 4.90 Å². The molecule has 2 heterocycles. The molecule has 1 aliphatic heterocycles. The van der Waals surface area contributed by atoms with Gasteiger partial charge in [-0.15, -0.1) is 0 Å². The maximum Gasteiger partial charge on any atom is 0.412 e. The Morgan fingerprint density at radius 2 is 2.47 bits per heavy atom. The number of ether oxygens (including phenoxy) is 1. The van der Waals surface area contributed by atoms with Gasteiger partial charge in [-0.1, -0.05) is 0 Å². The number of anilines is 1. The Bertz CT molecular complexity index is 419. The molecule has 0 saturated carbocycles. The van der Waals surface area contributed by atoms with Crippen LogP contribution in [-0.4, -0.2) is 35.6 Å². The minimum absolute atomic E-state index is 0.186. The van der Waals surface area contributed by atoms with Crippen molar-refractivity contribution in [2.75, 3.05) is 18.1 Å². The summed E-state index contributed by atoms with van der Waals surface area (Å²) in [5.74, 6) is 0.384. The van der Waals surface area contributed by atoms with Crippen LogP contribution >= 0.6 is 0 Å². The van der Waals surface area contributed by atoms with Crippen molar-refractivity contribution in [2.24, 2.45) is 0 Å². The van der Waals surface area contributed by atoms with E-state index in [1.165, 1.54) is 12.3 Å². The average molecular weight is 208 g/mol. The molecule has 78 valence electrons. The molecule has 1 aromatic heterocycles. The Morgan fingerprint density at radius 3 is 3.13 bits per heavy atom. The quantitative estimate of drug-likeness (QED) is 0.689. The number of nitrogens with zero attached hydrogens (tertiary/aromatic N) is 2. The fourth-order valence-electron chi connectivity index (χ4n) is 1.40. The third-order valence-corrected chi connectivity index (χ3v) is 2.08. The zero-order valence-corrected chi connectivity index (χ0v) is 7.71. The van der Waals surface area contributed by atoms with Gasteiger partial charge in [0, 0.05) is 0 Å². The van der Waals surface area contributed by atoms with Crippen LogP contribution in [0, 0.1) is 0 Å². The predicted octanol–water partition coefficient (Wildman–Crippen LogP) is 0.771. The van der Waals surface area contributed by atoms with E-state index in [-0.39, 0.29) is 12.2 Å². The minimum Gasteiger partial charge on any atom is -0.488 e. The number of fused-ring (bicyclic) bond motifs is 1. The first kappa shape index (κ1) is 9.45. The maximum absolute atomic E-state index is 10.9. The van der Waals surface area contributed by atoms with Crippen molar-refractivity contribution < 1.29 is 19.4 Å². The molecule has 0 radical (unpaired) electrons. The normalized spacial score (nSPS) is 14.0. The standard InChI is InChI=1S/C9H8N2O4/c12-5-6-3-7-8(4-10-6)15-2-1-11(7)9(13)14/h3-5H,1-2H2,(H,13,14). The molecule has 0 spiro atoms. The second-order valence-electron chi connectivity index (χ2n) is 2.98. The molecule has 0 aromatic carbocycles. The van der Waals surface area contributed by atoms with Gasteiger partial charge in [0.05, 0.1) is 18.4 Å². The highest BCUT2D eigenvalue weighted by atomic mass is 16.5. The van der Waals surface area contributed by atoms with Crippen molar-refractivity contribution in [3.8, 4) is 5.75 Å². The van der Waals surface area contributed by atoms with Gasteiger partial charge in [0.1, 0.15) is 12.3 Å². The lowest BCUT2D eigenvalue weighted by atomic mass is 10.2. The van der Waals surface area contributed by atoms with E-state index < -0.39 is 6.09 Å². The van der Waals surface area contributed by atoms with Crippen molar-refractivity contribution in [1.82, 2.24) is 4.98 Å². The van der Waals surface area contributed by atoms with E-state index in [1.54, 1.807) is 0 Å². The van der Waals surface area contributed by atoms with Crippen LogP contribution in [-0.2, 0) is 0 Å². The Morgan fingerprint density at radius 1 is 1.67 bits per heavy atom. The van der Waals surface area contributed by atoms with Crippen molar-refractivity contribution in [2.45, 2.75) is 0 Å². The molecule has 0 fully saturated rings. The summed E-state index contributed by atoms with van der Waals surface area (Å²) in [7, 11) is 0. The molecule has 1 aromatic rings. The monoisotopic (exact) mass is 208 g/mol. The number of aldehydes is 1. The molecule has 2 rings (SSSR count). The Balaban J connectivity index is 2.48. The largest absolute Gasteiger partial charge is 0.488 e. The lowest BCUT2D eigenvalue weighted by Gasteiger charge is -2.26. The number of hydrogen-bond acceptors (Lipinski definition) is 4. The fraction of sp³-hybridized carbons (Fsp3) is 0.222. The van der Waals surface area contributed by atoms with Crippen LogP contribution < -0.4 is 9.64 Å². The molecule has 6 heteroatoms. The van der Waals surface area contributed by atoms with Gasteiger partial charge < -0.3 is 9.84 Å². The van der Waals surface area contributed by atoms with Crippen molar-refractivity contribution in [3.05, 3.63) is 18.0 Å². The molecule has 0 saturated heterocycles. The van der Waals surface area contributed by atoms with Crippen molar-refractivity contribution >= 4 is 18.1 Å². The number of amides is 1. The Labute approximate surface area is 85.1 Å². The summed E-state index contributed by atoms with van der Waals surface area (Å²) >= 11 is 0. The molecule has 6 nitrogen and oxygen atoms in total. The number of carbonyl (C=O) groups excluding carboxylic acids is 1. The van der Waals surface area contributed by atoms with Crippen LogP contribution in [0.1, 0.15) is 10.5 Å². The van der Waals surface area contributed by atoms with E-state index in [0.29, 0.717) is 24.3 Å². The zero-order chi connectivity index (χ0) is 10.8. The molecule has 0 atom stereocenters. The second-order valence-corrected chi connectivity index (χ2v) is 2.98. The highest BCUT2D eigenvalue weighted by Gasteiger charge is 2.23. The van der Waals surface area contributed by atoms with Crippen LogP contribution in [0.4, 0.5) is 10.5 Å². The Kier molecular flexibility index (Phi) is 2.24. The van der Waals surface area contributed by atoms with Crippen LogP contribution in [0.2, 0.25) is 0 Å². The number of aromatic nitrogens is 1. The van der Waals surface area contributed by atoms with Crippen molar-refractivity contribution in [1.29, 1.82) is 0 Å². The maximum atomic E-state index is 10.9. The zero-order valence-electron chi connectivity index (χ0n) is 7.71. The van der Waals surface area contributed by atoms with E-state index in [1.807, 2.05) is 0 Å². The summed E-state index contributed by atoms with van der Waals surface area (Å²) in [5.41, 5.74) is 0.552.